The van der Waals surface area contributed by atoms with E-state index in [9.17, 15) is 8.42 Å². The third-order valence-electron chi connectivity index (χ3n) is 3.31. The SMILES string of the molecule is CNCCCS(=O)(=O)NC(C)C1CCCC1. The second-order valence-corrected chi connectivity index (χ2v) is 6.60. The standard InChI is InChI=1S/C11H24N2O2S/c1-10(11-6-3-4-7-11)13-16(14,15)9-5-8-12-2/h10-13H,3-9H2,1-2H3. The Hall–Kier alpha value is -0.130. The number of nitrogens with one attached hydrogen (secondary N) is 2. The van der Waals surface area contributed by atoms with Gasteiger partial charge >= 0.3 is 0 Å². The Kier molecular flexibility index (Phi) is 5.72. The Morgan fingerprint density at radius 2 is 1.94 bits per heavy atom. The summed E-state index contributed by atoms with van der Waals surface area (Å²) in [5, 5.41) is 2.96. The number of sulfonamides is 1. The molecule has 5 heteroatoms. The van der Waals surface area contributed by atoms with Crippen molar-refractivity contribution in [1.29, 1.82) is 0 Å². The molecule has 0 radical (unpaired) electrons. The molecule has 96 valence electrons. The average molecular weight is 248 g/mol. The van der Waals surface area contributed by atoms with Crippen LogP contribution in [0.15, 0.2) is 0 Å². The second-order valence-electron chi connectivity index (χ2n) is 4.73. The van der Waals surface area contributed by atoms with Crippen LogP contribution in [0.1, 0.15) is 39.0 Å². The van der Waals surface area contributed by atoms with Crippen LogP contribution in [0.2, 0.25) is 0 Å². The lowest BCUT2D eigenvalue weighted by Crippen LogP contribution is -2.38. The van der Waals surface area contributed by atoms with Gasteiger partial charge in [0.05, 0.1) is 5.75 Å². The van der Waals surface area contributed by atoms with Crippen molar-refractivity contribution < 1.29 is 8.42 Å². The van der Waals surface area contributed by atoms with E-state index in [1.54, 1.807) is 0 Å². The summed E-state index contributed by atoms with van der Waals surface area (Å²) < 4.78 is 26.3. The zero-order chi connectivity index (χ0) is 12.0. The molecule has 4 nitrogen and oxygen atoms in total. The first kappa shape index (κ1) is 13.9. The summed E-state index contributed by atoms with van der Waals surface area (Å²) in [6.07, 6.45) is 5.50. The Balaban J connectivity index is 2.33. The van der Waals surface area contributed by atoms with Gasteiger partial charge in [-0.1, -0.05) is 12.8 Å². The molecule has 0 aromatic heterocycles. The summed E-state index contributed by atoms with van der Waals surface area (Å²) in [7, 11) is -1.25. The molecule has 2 N–H and O–H groups in total. The van der Waals surface area contributed by atoms with Crippen LogP contribution < -0.4 is 10.0 Å². The summed E-state index contributed by atoms with van der Waals surface area (Å²) in [4.78, 5) is 0. The maximum Gasteiger partial charge on any atom is 0.211 e. The fourth-order valence-corrected chi connectivity index (χ4v) is 3.74. The highest BCUT2D eigenvalue weighted by Crippen LogP contribution is 2.27. The average Bonchev–Trinajstić information content (AvgIpc) is 2.69. The zero-order valence-corrected chi connectivity index (χ0v) is 11.1. The molecule has 0 spiro atoms. The Morgan fingerprint density at radius 3 is 2.50 bits per heavy atom. The molecule has 0 amide bonds. The van der Waals surface area contributed by atoms with E-state index in [4.69, 9.17) is 0 Å². The van der Waals surface area contributed by atoms with Gasteiger partial charge in [0, 0.05) is 6.04 Å². The van der Waals surface area contributed by atoms with Crippen molar-refractivity contribution in [2.45, 2.75) is 45.1 Å². The van der Waals surface area contributed by atoms with Crippen LogP contribution in [0, 0.1) is 5.92 Å². The van der Waals surface area contributed by atoms with Crippen LogP contribution in [0.3, 0.4) is 0 Å². The predicted octanol–water partition coefficient (Wildman–Crippen LogP) is 1.09. The van der Waals surface area contributed by atoms with Crippen LogP contribution in [-0.2, 0) is 10.0 Å². The van der Waals surface area contributed by atoms with Crippen LogP contribution >= 0.6 is 0 Å². The van der Waals surface area contributed by atoms with Crippen molar-refractivity contribution in [2.75, 3.05) is 19.3 Å². The first-order valence-electron chi connectivity index (χ1n) is 6.20. The third kappa shape index (κ3) is 4.80. The van der Waals surface area contributed by atoms with Gasteiger partial charge < -0.3 is 5.32 Å². The monoisotopic (exact) mass is 248 g/mol. The normalized spacial score (nSPS) is 20.1. The molecule has 1 aliphatic rings. The molecule has 1 atom stereocenters. The molecule has 0 aliphatic heterocycles. The zero-order valence-electron chi connectivity index (χ0n) is 10.3. The van der Waals surface area contributed by atoms with Gasteiger partial charge in [-0.2, -0.15) is 0 Å². The largest absolute Gasteiger partial charge is 0.320 e. The van der Waals surface area contributed by atoms with Crippen molar-refractivity contribution >= 4 is 10.0 Å². The van der Waals surface area contributed by atoms with Crippen LogP contribution in [0.25, 0.3) is 0 Å². The van der Waals surface area contributed by atoms with E-state index in [0.29, 0.717) is 12.3 Å². The molecule has 1 rings (SSSR count). The van der Waals surface area contributed by atoms with Gasteiger partial charge in [0.2, 0.25) is 10.0 Å². The molecule has 0 saturated heterocycles. The number of hydrogen-bond donors (Lipinski definition) is 2. The molecule has 1 unspecified atom stereocenters. The fourth-order valence-electron chi connectivity index (χ4n) is 2.33. The van der Waals surface area contributed by atoms with E-state index >= 15 is 0 Å². The topological polar surface area (TPSA) is 58.2 Å². The maximum absolute atomic E-state index is 11.7. The van der Waals surface area contributed by atoms with Crippen molar-refractivity contribution in [3.63, 3.8) is 0 Å². The van der Waals surface area contributed by atoms with E-state index in [2.05, 4.69) is 10.0 Å². The molecular formula is C11H24N2O2S. The van der Waals surface area contributed by atoms with Gasteiger partial charge in [0.1, 0.15) is 0 Å². The molecule has 0 heterocycles. The minimum Gasteiger partial charge on any atom is -0.320 e. The van der Waals surface area contributed by atoms with Gasteiger partial charge in [-0.05, 0) is 45.7 Å². The van der Waals surface area contributed by atoms with Gasteiger partial charge in [-0.25, -0.2) is 13.1 Å². The smallest absolute Gasteiger partial charge is 0.211 e. The Labute approximate surface area is 99.2 Å². The summed E-state index contributed by atoms with van der Waals surface area (Å²) in [6, 6.07) is 0.0992. The van der Waals surface area contributed by atoms with Crippen LogP contribution in [0.5, 0.6) is 0 Å². The molecule has 1 aliphatic carbocycles. The highest BCUT2D eigenvalue weighted by Gasteiger charge is 2.24. The first-order valence-corrected chi connectivity index (χ1v) is 7.85. The number of hydrogen-bond acceptors (Lipinski definition) is 3. The lowest BCUT2D eigenvalue weighted by atomic mass is 10.0. The van der Waals surface area contributed by atoms with Crippen LogP contribution in [-0.4, -0.2) is 33.8 Å². The molecule has 1 fully saturated rings. The summed E-state index contributed by atoms with van der Waals surface area (Å²) >= 11 is 0. The lowest BCUT2D eigenvalue weighted by Gasteiger charge is -2.20. The maximum atomic E-state index is 11.7. The molecular weight excluding hydrogens is 224 g/mol. The van der Waals surface area contributed by atoms with Gasteiger partial charge in [-0.15, -0.1) is 0 Å². The first-order chi connectivity index (χ1) is 7.55. The fraction of sp³-hybridized carbons (Fsp3) is 1.00. The predicted molar refractivity (Wildman–Crippen MR) is 66.9 cm³/mol. The molecule has 16 heavy (non-hydrogen) atoms. The molecule has 0 bridgehead atoms. The Bertz CT molecular complexity index is 284. The van der Waals surface area contributed by atoms with E-state index in [1.807, 2.05) is 14.0 Å². The minimum absolute atomic E-state index is 0.0992. The number of rotatable bonds is 7. The van der Waals surface area contributed by atoms with Crippen molar-refractivity contribution in [3.8, 4) is 0 Å². The van der Waals surface area contributed by atoms with Crippen molar-refractivity contribution in [3.05, 3.63) is 0 Å². The van der Waals surface area contributed by atoms with E-state index in [1.165, 1.54) is 25.7 Å². The summed E-state index contributed by atoms with van der Waals surface area (Å²) in [5.74, 6) is 0.768. The van der Waals surface area contributed by atoms with Crippen molar-refractivity contribution in [1.82, 2.24) is 10.0 Å². The van der Waals surface area contributed by atoms with Gasteiger partial charge in [0.15, 0.2) is 0 Å². The quantitative estimate of drug-likeness (QED) is 0.663. The van der Waals surface area contributed by atoms with E-state index in [0.717, 1.165) is 6.54 Å². The summed E-state index contributed by atoms with van der Waals surface area (Å²) in [6.45, 7) is 2.74. The third-order valence-corrected chi connectivity index (χ3v) is 4.87. The minimum atomic E-state index is -3.08. The molecule has 0 aromatic carbocycles. The van der Waals surface area contributed by atoms with E-state index < -0.39 is 10.0 Å². The van der Waals surface area contributed by atoms with Crippen LogP contribution in [0.4, 0.5) is 0 Å². The van der Waals surface area contributed by atoms with E-state index in [-0.39, 0.29) is 11.8 Å². The Morgan fingerprint density at radius 1 is 1.31 bits per heavy atom. The second kappa shape index (κ2) is 6.57. The van der Waals surface area contributed by atoms with Gasteiger partial charge in [-0.3, -0.25) is 0 Å². The highest BCUT2D eigenvalue weighted by molar-refractivity contribution is 7.89. The van der Waals surface area contributed by atoms with Gasteiger partial charge in [0.25, 0.3) is 0 Å². The lowest BCUT2D eigenvalue weighted by molar-refractivity contribution is 0.423. The van der Waals surface area contributed by atoms with Crippen molar-refractivity contribution in [2.24, 2.45) is 5.92 Å². The highest BCUT2D eigenvalue weighted by atomic mass is 32.2. The summed E-state index contributed by atoms with van der Waals surface area (Å²) in [5.41, 5.74) is 0. The molecule has 0 aromatic rings. The molecule has 1 saturated carbocycles.